The predicted octanol–water partition coefficient (Wildman–Crippen LogP) is 2.60. The average molecular weight is 362 g/mol. The van der Waals surface area contributed by atoms with Crippen molar-refractivity contribution in [3.8, 4) is 5.75 Å². The Kier molecular flexibility index (Phi) is 6.88. The summed E-state index contributed by atoms with van der Waals surface area (Å²) < 4.78 is 16.9. The summed E-state index contributed by atoms with van der Waals surface area (Å²) in [5.41, 5.74) is 1.79. The SMILES string of the molecule is COc1ccc(C)cc1NC(=O)CN(C[C@H]1CCCO1)C[C@H]1CCCO1. The molecule has 0 aliphatic carbocycles. The number of nitrogens with one attached hydrogen (secondary N) is 1. The second-order valence-electron chi connectivity index (χ2n) is 7.22. The van der Waals surface area contributed by atoms with Crippen LogP contribution in [0.2, 0.25) is 0 Å². The highest BCUT2D eigenvalue weighted by molar-refractivity contribution is 5.93. The number of ether oxygens (including phenoxy) is 3. The summed E-state index contributed by atoms with van der Waals surface area (Å²) >= 11 is 0. The predicted molar refractivity (Wildman–Crippen MR) is 101 cm³/mol. The number of benzene rings is 1. The molecule has 0 saturated carbocycles. The lowest BCUT2D eigenvalue weighted by atomic mass is 10.2. The van der Waals surface area contributed by atoms with Gasteiger partial charge in [0.25, 0.3) is 0 Å². The van der Waals surface area contributed by atoms with Gasteiger partial charge in [0.15, 0.2) is 0 Å². The molecule has 0 spiro atoms. The lowest BCUT2D eigenvalue weighted by molar-refractivity contribution is -0.118. The van der Waals surface area contributed by atoms with Crippen molar-refractivity contribution in [2.45, 2.75) is 44.8 Å². The molecule has 2 fully saturated rings. The van der Waals surface area contributed by atoms with Crippen LogP contribution in [0.25, 0.3) is 0 Å². The van der Waals surface area contributed by atoms with Crippen molar-refractivity contribution < 1.29 is 19.0 Å². The van der Waals surface area contributed by atoms with E-state index in [0.29, 0.717) is 18.0 Å². The minimum Gasteiger partial charge on any atom is -0.495 e. The first-order valence-corrected chi connectivity index (χ1v) is 9.54. The van der Waals surface area contributed by atoms with E-state index >= 15 is 0 Å². The molecule has 1 aromatic carbocycles. The number of amides is 1. The third-order valence-electron chi connectivity index (χ3n) is 4.97. The Hall–Kier alpha value is -1.63. The van der Waals surface area contributed by atoms with E-state index in [4.69, 9.17) is 14.2 Å². The molecule has 6 heteroatoms. The molecule has 144 valence electrons. The minimum absolute atomic E-state index is 0.0371. The fourth-order valence-electron chi connectivity index (χ4n) is 3.67. The van der Waals surface area contributed by atoms with E-state index in [1.807, 2.05) is 25.1 Å². The highest BCUT2D eigenvalue weighted by Crippen LogP contribution is 2.25. The van der Waals surface area contributed by atoms with Crippen molar-refractivity contribution in [2.24, 2.45) is 0 Å². The maximum atomic E-state index is 12.7. The normalized spacial score (nSPS) is 22.7. The largest absolute Gasteiger partial charge is 0.495 e. The second-order valence-corrected chi connectivity index (χ2v) is 7.22. The van der Waals surface area contributed by atoms with Crippen LogP contribution in [-0.4, -0.2) is 63.0 Å². The smallest absolute Gasteiger partial charge is 0.238 e. The monoisotopic (exact) mass is 362 g/mol. The average Bonchev–Trinajstić information content (AvgIpc) is 3.29. The van der Waals surface area contributed by atoms with Crippen LogP contribution >= 0.6 is 0 Å². The molecule has 1 N–H and O–H groups in total. The van der Waals surface area contributed by atoms with Gasteiger partial charge in [0, 0.05) is 26.3 Å². The Morgan fingerprint density at radius 3 is 2.38 bits per heavy atom. The molecule has 0 aromatic heterocycles. The van der Waals surface area contributed by atoms with E-state index in [-0.39, 0.29) is 18.1 Å². The molecule has 2 heterocycles. The van der Waals surface area contributed by atoms with Crippen molar-refractivity contribution in [3.63, 3.8) is 0 Å². The van der Waals surface area contributed by atoms with Crippen molar-refractivity contribution in [1.82, 2.24) is 4.90 Å². The zero-order valence-corrected chi connectivity index (χ0v) is 15.8. The maximum Gasteiger partial charge on any atom is 0.238 e. The molecule has 0 unspecified atom stereocenters. The van der Waals surface area contributed by atoms with E-state index in [1.165, 1.54) is 0 Å². The fourth-order valence-corrected chi connectivity index (χ4v) is 3.67. The number of aryl methyl sites for hydroxylation is 1. The summed E-state index contributed by atoms with van der Waals surface area (Å²) in [5, 5.41) is 3.00. The summed E-state index contributed by atoms with van der Waals surface area (Å²) in [6.07, 6.45) is 4.77. The number of hydrogen-bond acceptors (Lipinski definition) is 5. The number of nitrogens with zero attached hydrogens (tertiary/aromatic N) is 1. The van der Waals surface area contributed by atoms with E-state index in [9.17, 15) is 4.79 Å². The van der Waals surface area contributed by atoms with Crippen LogP contribution in [0.3, 0.4) is 0 Å². The number of hydrogen-bond donors (Lipinski definition) is 1. The fraction of sp³-hybridized carbons (Fsp3) is 0.650. The van der Waals surface area contributed by atoms with E-state index in [2.05, 4.69) is 10.2 Å². The first kappa shape index (κ1) is 19.1. The quantitative estimate of drug-likeness (QED) is 0.770. The van der Waals surface area contributed by atoms with Crippen LogP contribution in [0, 0.1) is 6.92 Å². The van der Waals surface area contributed by atoms with Gasteiger partial charge >= 0.3 is 0 Å². The van der Waals surface area contributed by atoms with Crippen LogP contribution in [0.5, 0.6) is 5.75 Å². The molecule has 6 nitrogen and oxygen atoms in total. The molecule has 2 aliphatic heterocycles. The Bertz CT molecular complexity index is 577. The van der Waals surface area contributed by atoms with Gasteiger partial charge in [-0.15, -0.1) is 0 Å². The Morgan fingerprint density at radius 1 is 1.19 bits per heavy atom. The van der Waals surface area contributed by atoms with Crippen molar-refractivity contribution >= 4 is 11.6 Å². The lowest BCUT2D eigenvalue weighted by Gasteiger charge is -2.27. The second kappa shape index (κ2) is 9.35. The highest BCUT2D eigenvalue weighted by atomic mass is 16.5. The molecule has 1 aromatic rings. The van der Waals surface area contributed by atoms with Gasteiger partial charge in [0.1, 0.15) is 5.75 Å². The zero-order valence-electron chi connectivity index (χ0n) is 15.8. The Labute approximate surface area is 155 Å². The van der Waals surface area contributed by atoms with Gasteiger partial charge in [-0.2, -0.15) is 0 Å². The van der Waals surface area contributed by atoms with Crippen molar-refractivity contribution in [3.05, 3.63) is 23.8 Å². The van der Waals surface area contributed by atoms with E-state index < -0.39 is 0 Å². The van der Waals surface area contributed by atoms with Gasteiger partial charge in [-0.1, -0.05) is 6.07 Å². The first-order chi connectivity index (χ1) is 12.6. The number of rotatable bonds is 8. The summed E-state index contributed by atoms with van der Waals surface area (Å²) in [5.74, 6) is 0.638. The molecule has 0 radical (unpaired) electrons. The molecule has 2 saturated heterocycles. The van der Waals surface area contributed by atoms with Gasteiger partial charge in [0.05, 0.1) is 31.5 Å². The molecule has 26 heavy (non-hydrogen) atoms. The number of carbonyl (C=O) groups is 1. The first-order valence-electron chi connectivity index (χ1n) is 9.54. The van der Waals surface area contributed by atoms with Gasteiger partial charge in [-0.25, -0.2) is 0 Å². The molecule has 0 bridgehead atoms. The number of methoxy groups -OCH3 is 1. The molecule has 1 amide bonds. The molecular formula is C20H30N2O4. The number of carbonyl (C=O) groups excluding carboxylic acids is 1. The molecule has 3 rings (SSSR count). The topological polar surface area (TPSA) is 60.0 Å². The summed E-state index contributed by atoms with van der Waals surface area (Å²) in [6.45, 7) is 5.53. The van der Waals surface area contributed by atoms with Gasteiger partial charge in [-0.05, 0) is 50.3 Å². The maximum absolute atomic E-state index is 12.7. The van der Waals surface area contributed by atoms with E-state index in [0.717, 1.165) is 57.6 Å². The van der Waals surface area contributed by atoms with Crippen molar-refractivity contribution in [1.29, 1.82) is 0 Å². The van der Waals surface area contributed by atoms with Crippen molar-refractivity contribution in [2.75, 3.05) is 45.3 Å². The molecule has 2 atom stereocenters. The minimum atomic E-state index is -0.0371. The third kappa shape index (κ3) is 5.43. The standard InChI is InChI=1S/C20H30N2O4/c1-15-7-8-19(24-2)18(11-15)21-20(23)14-22(12-16-5-3-9-25-16)13-17-6-4-10-26-17/h7-8,11,16-17H,3-6,9-10,12-14H2,1-2H3,(H,21,23)/t16-,17-/m1/s1. The highest BCUT2D eigenvalue weighted by Gasteiger charge is 2.25. The third-order valence-corrected chi connectivity index (χ3v) is 4.97. The van der Waals surface area contributed by atoms with Gasteiger partial charge < -0.3 is 19.5 Å². The zero-order chi connectivity index (χ0) is 18.4. The van der Waals surface area contributed by atoms with Gasteiger partial charge in [-0.3, -0.25) is 9.69 Å². The Balaban J connectivity index is 1.60. The Morgan fingerprint density at radius 2 is 1.85 bits per heavy atom. The van der Waals surface area contributed by atoms with Crippen LogP contribution in [0.15, 0.2) is 18.2 Å². The van der Waals surface area contributed by atoms with E-state index in [1.54, 1.807) is 7.11 Å². The van der Waals surface area contributed by atoms with Crippen LogP contribution in [-0.2, 0) is 14.3 Å². The van der Waals surface area contributed by atoms with Crippen LogP contribution in [0.4, 0.5) is 5.69 Å². The lowest BCUT2D eigenvalue weighted by Crippen LogP contribution is -2.42. The summed E-state index contributed by atoms with van der Waals surface area (Å²) in [6, 6.07) is 5.78. The van der Waals surface area contributed by atoms with Crippen LogP contribution in [0.1, 0.15) is 31.2 Å². The van der Waals surface area contributed by atoms with Crippen LogP contribution < -0.4 is 10.1 Å². The van der Waals surface area contributed by atoms with Gasteiger partial charge in [0.2, 0.25) is 5.91 Å². The number of anilines is 1. The summed E-state index contributed by atoms with van der Waals surface area (Å²) in [7, 11) is 1.61. The molecular weight excluding hydrogens is 332 g/mol. The molecule has 2 aliphatic rings. The summed E-state index contributed by atoms with van der Waals surface area (Å²) in [4.78, 5) is 14.8.